The topological polar surface area (TPSA) is 77.1 Å². The Morgan fingerprint density at radius 3 is 2.56 bits per heavy atom. The van der Waals surface area contributed by atoms with Crippen molar-refractivity contribution in [3.05, 3.63) is 53.5 Å². The van der Waals surface area contributed by atoms with E-state index in [1.165, 1.54) is 17.1 Å². The van der Waals surface area contributed by atoms with Gasteiger partial charge in [0, 0.05) is 23.0 Å². The van der Waals surface area contributed by atoms with Gasteiger partial charge in [-0.25, -0.2) is 0 Å². The van der Waals surface area contributed by atoms with E-state index in [-0.39, 0.29) is 13.0 Å². The number of anilines is 1. The van der Waals surface area contributed by atoms with Gasteiger partial charge in [0.2, 0.25) is 5.60 Å². The number of allylic oxidation sites excluding steroid dienone is 1. The number of hydrogen-bond acceptors (Lipinski definition) is 4. The summed E-state index contributed by atoms with van der Waals surface area (Å²) in [5, 5.41) is 19.8. The zero-order chi connectivity index (χ0) is 18.7. The Kier molecular flexibility index (Phi) is 5.47. The van der Waals surface area contributed by atoms with Crippen molar-refractivity contribution in [2.75, 3.05) is 18.1 Å². The van der Waals surface area contributed by atoms with Crippen LogP contribution in [0.1, 0.15) is 18.9 Å². The Bertz CT molecular complexity index is 792. The van der Waals surface area contributed by atoms with Crippen molar-refractivity contribution in [3.8, 4) is 12.1 Å². The van der Waals surface area contributed by atoms with Crippen LogP contribution in [0.4, 0.5) is 5.69 Å². The molecule has 1 unspecified atom stereocenters. The van der Waals surface area contributed by atoms with Crippen LogP contribution in [-0.4, -0.2) is 19.1 Å². The lowest BCUT2D eigenvalue weighted by Gasteiger charge is -2.37. The number of rotatable bonds is 7. The third-order valence-corrected chi connectivity index (χ3v) is 4.84. The number of benzene rings is 1. The molecule has 2 rings (SSSR count). The van der Waals surface area contributed by atoms with Gasteiger partial charge in [-0.1, -0.05) is 28.1 Å². The molecule has 0 radical (unpaired) electrons. The summed E-state index contributed by atoms with van der Waals surface area (Å²) >= 11 is 3.40. The predicted molar refractivity (Wildman–Crippen MR) is 98.5 cm³/mol. The van der Waals surface area contributed by atoms with Gasteiger partial charge < -0.3 is 9.64 Å². The van der Waals surface area contributed by atoms with Crippen LogP contribution in [-0.2, 0) is 15.1 Å². The van der Waals surface area contributed by atoms with Gasteiger partial charge in [0.05, 0.1) is 24.4 Å². The zero-order valence-corrected chi connectivity index (χ0v) is 15.5. The first-order chi connectivity index (χ1) is 12.0. The number of fused-ring (bicyclic) bond motifs is 1. The van der Waals surface area contributed by atoms with E-state index in [1.807, 2.05) is 25.1 Å². The first-order valence-electron chi connectivity index (χ1n) is 7.78. The third kappa shape index (κ3) is 2.59. The van der Waals surface area contributed by atoms with Gasteiger partial charge >= 0.3 is 0 Å². The first-order valence-corrected chi connectivity index (χ1v) is 8.57. The van der Waals surface area contributed by atoms with Crippen molar-refractivity contribution in [2.24, 2.45) is 5.41 Å². The molecule has 0 aromatic heterocycles. The minimum absolute atomic E-state index is 0.00755. The van der Waals surface area contributed by atoms with Gasteiger partial charge in [-0.05, 0) is 25.1 Å². The van der Waals surface area contributed by atoms with Crippen molar-refractivity contribution in [1.29, 1.82) is 10.5 Å². The number of halogens is 1. The molecule has 1 aromatic rings. The van der Waals surface area contributed by atoms with Gasteiger partial charge in [0.15, 0.2) is 5.41 Å². The Balaban J connectivity index is 2.90. The number of carbonyl (C=O) groups excluding carboxylic acids is 1. The van der Waals surface area contributed by atoms with Crippen molar-refractivity contribution >= 4 is 27.5 Å². The van der Waals surface area contributed by atoms with Gasteiger partial charge in [-0.2, -0.15) is 10.5 Å². The molecule has 128 valence electrons. The van der Waals surface area contributed by atoms with Gasteiger partial charge in [-0.3, -0.25) is 4.79 Å². The lowest BCUT2D eigenvalue weighted by molar-refractivity contribution is -0.153. The summed E-state index contributed by atoms with van der Waals surface area (Å²) in [6.07, 6.45) is 2.95. The first kappa shape index (κ1) is 18.9. The second kappa shape index (κ2) is 7.23. The molecule has 1 aliphatic rings. The quantitative estimate of drug-likeness (QED) is 0.652. The molecule has 1 amide bonds. The molecule has 1 aliphatic heterocycles. The lowest BCUT2D eigenvalue weighted by atomic mass is 9.68. The number of nitriles is 2. The molecular formula is C19H18BrN3O2. The highest BCUT2D eigenvalue weighted by molar-refractivity contribution is 9.10. The fourth-order valence-corrected chi connectivity index (χ4v) is 3.61. The average Bonchev–Trinajstić information content (AvgIpc) is 2.86. The van der Waals surface area contributed by atoms with E-state index in [0.29, 0.717) is 17.8 Å². The molecule has 0 bridgehead atoms. The fourth-order valence-electron chi connectivity index (χ4n) is 3.25. The van der Waals surface area contributed by atoms with Crippen molar-refractivity contribution in [3.63, 3.8) is 0 Å². The smallest absolute Gasteiger partial charge is 0.266 e. The fraction of sp³-hybridized carbons (Fsp3) is 0.316. The van der Waals surface area contributed by atoms with Crippen LogP contribution in [0.2, 0.25) is 0 Å². The molecule has 0 fully saturated rings. The molecule has 0 N–H and O–H groups in total. The summed E-state index contributed by atoms with van der Waals surface area (Å²) in [4.78, 5) is 14.9. The zero-order valence-electron chi connectivity index (χ0n) is 14.0. The Hall–Kier alpha value is -2.41. The van der Waals surface area contributed by atoms with E-state index >= 15 is 0 Å². The minimum atomic E-state index is -1.74. The summed E-state index contributed by atoms with van der Waals surface area (Å²) in [5.41, 5.74) is -2.35. The minimum Gasteiger partial charge on any atom is -0.354 e. The van der Waals surface area contributed by atoms with E-state index < -0.39 is 16.9 Å². The molecule has 1 heterocycles. The Morgan fingerprint density at radius 2 is 2.04 bits per heavy atom. The maximum atomic E-state index is 13.4. The summed E-state index contributed by atoms with van der Waals surface area (Å²) in [5.74, 6) is -0.421. The molecule has 0 saturated heterocycles. The number of amides is 1. The van der Waals surface area contributed by atoms with Gasteiger partial charge in [0.25, 0.3) is 5.91 Å². The molecular weight excluding hydrogens is 382 g/mol. The Morgan fingerprint density at radius 1 is 1.36 bits per heavy atom. The molecule has 0 spiro atoms. The third-order valence-electron chi connectivity index (χ3n) is 4.34. The Labute approximate surface area is 155 Å². The maximum Gasteiger partial charge on any atom is 0.266 e. The standard InChI is InChI=1S/C19H18BrN3O2/c1-4-9-18(12-21,13-22)19(25-10-5-2)15-11-14(20)7-8-16(15)23(6-3)17(19)24/h4-5,7-8,11H,1-2,6,9-10H2,3H3. The predicted octanol–water partition coefficient (Wildman–Crippen LogP) is 3.82. The summed E-state index contributed by atoms with van der Waals surface area (Å²) < 4.78 is 6.67. The summed E-state index contributed by atoms with van der Waals surface area (Å²) in [7, 11) is 0. The molecule has 5 nitrogen and oxygen atoms in total. The molecule has 25 heavy (non-hydrogen) atoms. The highest BCUT2D eigenvalue weighted by Gasteiger charge is 2.65. The van der Waals surface area contributed by atoms with E-state index in [0.717, 1.165) is 4.47 Å². The highest BCUT2D eigenvalue weighted by atomic mass is 79.9. The van der Waals surface area contributed by atoms with Crippen LogP contribution >= 0.6 is 15.9 Å². The van der Waals surface area contributed by atoms with Crippen LogP contribution < -0.4 is 4.90 Å². The van der Waals surface area contributed by atoms with Crippen molar-refractivity contribution in [2.45, 2.75) is 18.9 Å². The maximum absolute atomic E-state index is 13.4. The molecule has 0 aliphatic carbocycles. The molecule has 0 saturated carbocycles. The lowest BCUT2D eigenvalue weighted by Crippen LogP contribution is -2.53. The van der Waals surface area contributed by atoms with Gasteiger partial charge in [-0.15, -0.1) is 13.2 Å². The monoisotopic (exact) mass is 399 g/mol. The summed E-state index contributed by atoms with van der Waals surface area (Å²) in [6.45, 7) is 9.53. The average molecular weight is 400 g/mol. The number of carbonyl (C=O) groups is 1. The highest BCUT2D eigenvalue weighted by Crippen LogP contribution is 2.54. The van der Waals surface area contributed by atoms with E-state index in [9.17, 15) is 15.3 Å². The van der Waals surface area contributed by atoms with Crippen LogP contribution in [0.3, 0.4) is 0 Å². The van der Waals surface area contributed by atoms with Crippen LogP contribution in [0.5, 0.6) is 0 Å². The number of hydrogen-bond donors (Lipinski definition) is 0. The molecule has 6 heteroatoms. The molecule has 1 atom stereocenters. The van der Waals surface area contributed by atoms with E-state index in [1.54, 1.807) is 12.1 Å². The van der Waals surface area contributed by atoms with Crippen LogP contribution in [0, 0.1) is 28.1 Å². The number of nitrogens with zero attached hydrogens (tertiary/aromatic N) is 3. The largest absolute Gasteiger partial charge is 0.354 e. The number of ether oxygens (including phenoxy) is 1. The molecule has 1 aromatic carbocycles. The second-order valence-electron chi connectivity index (χ2n) is 5.61. The van der Waals surface area contributed by atoms with Crippen molar-refractivity contribution in [1.82, 2.24) is 0 Å². The summed E-state index contributed by atoms with van der Waals surface area (Å²) in [6, 6.07) is 9.41. The van der Waals surface area contributed by atoms with Crippen molar-refractivity contribution < 1.29 is 9.53 Å². The van der Waals surface area contributed by atoms with E-state index in [2.05, 4.69) is 29.1 Å². The SMILES string of the molecule is C=CCOC1(C(C#N)(C#N)CC=C)C(=O)N(CC)c2ccc(Br)cc21. The van der Waals surface area contributed by atoms with Gasteiger partial charge in [0.1, 0.15) is 0 Å². The normalized spacial score (nSPS) is 19.0. The number of likely N-dealkylation sites (N-methyl/N-ethyl adjacent to an activating group) is 1. The van der Waals surface area contributed by atoms with Crippen LogP contribution in [0.25, 0.3) is 0 Å². The second-order valence-corrected chi connectivity index (χ2v) is 6.53. The van der Waals surface area contributed by atoms with E-state index in [4.69, 9.17) is 4.74 Å². The van der Waals surface area contributed by atoms with Crippen LogP contribution in [0.15, 0.2) is 48.0 Å².